The van der Waals surface area contributed by atoms with Crippen LogP contribution in [0, 0.1) is 0 Å². The predicted molar refractivity (Wildman–Crippen MR) is 72.7 cm³/mol. The van der Waals surface area contributed by atoms with Gasteiger partial charge >= 0.3 is 0 Å². The van der Waals surface area contributed by atoms with Crippen LogP contribution >= 0.6 is 0 Å². The van der Waals surface area contributed by atoms with E-state index in [1.54, 1.807) is 13.8 Å². The fraction of sp³-hybridized carbons (Fsp3) is 0.571. The molecule has 0 spiro atoms. The van der Waals surface area contributed by atoms with E-state index in [9.17, 15) is 15.3 Å². The highest BCUT2D eigenvalue weighted by molar-refractivity contribution is 5.42. The molecule has 114 valence electrons. The molecule has 0 aliphatic heterocycles. The highest BCUT2D eigenvalue weighted by Crippen LogP contribution is 2.30. The molecule has 0 fully saturated rings. The molecule has 0 heterocycles. The zero-order chi connectivity index (χ0) is 15.1. The Balaban J connectivity index is 2.88. The summed E-state index contributed by atoms with van der Waals surface area (Å²) in [6.45, 7) is 4.25. The maximum Gasteiger partial charge on any atom is 0.186 e. The second-order valence-electron chi connectivity index (χ2n) is 4.15. The Morgan fingerprint density at radius 3 is 2.20 bits per heavy atom. The van der Waals surface area contributed by atoms with Gasteiger partial charge in [0.15, 0.2) is 17.8 Å². The van der Waals surface area contributed by atoms with Gasteiger partial charge in [0.05, 0.1) is 7.11 Å². The molecule has 0 aliphatic carbocycles. The van der Waals surface area contributed by atoms with Crippen molar-refractivity contribution in [1.29, 1.82) is 0 Å². The minimum absolute atomic E-state index is 0.0379. The molecule has 0 unspecified atom stereocenters. The molecule has 0 aliphatic rings. The number of benzene rings is 1. The van der Waals surface area contributed by atoms with Gasteiger partial charge in [0.1, 0.15) is 12.2 Å². The van der Waals surface area contributed by atoms with E-state index in [4.69, 9.17) is 14.2 Å². The van der Waals surface area contributed by atoms with Crippen LogP contribution in [0.5, 0.6) is 11.5 Å². The first kappa shape index (κ1) is 16.7. The molecule has 6 nitrogen and oxygen atoms in total. The number of rotatable bonds is 8. The summed E-state index contributed by atoms with van der Waals surface area (Å²) in [5.74, 6) is 0.183. The molecule has 0 radical (unpaired) electrons. The van der Waals surface area contributed by atoms with Crippen molar-refractivity contribution in [2.75, 3.05) is 20.3 Å². The van der Waals surface area contributed by atoms with Crippen molar-refractivity contribution in [2.45, 2.75) is 32.3 Å². The second kappa shape index (κ2) is 8.06. The number of aliphatic hydroxyl groups excluding tert-OH is 2. The Labute approximate surface area is 118 Å². The lowest BCUT2D eigenvalue weighted by molar-refractivity contribution is -0.212. The van der Waals surface area contributed by atoms with E-state index in [0.717, 1.165) is 0 Å². The van der Waals surface area contributed by atoms with Gasteiger partial charge in [-0.1, -0.05) is 6.07 Å². The van der Waals surface area contributed by atoms with Gasteiger partial charge in [-0.25, -0.2) is 0 Å². The van der Waals surface area contributed by atoms with Crippen molar-refractivity contribution in [3.8, 4) is 11.5 Å². The summed E-state index contributed by atoms with van der Waals surface area (Å²) >= 11 is 0. The lowest BCUT2D eigenvalue weighted by atomic mass is 10.0. The average molecular weight is 286 g/mol. The van der Waals surface area contributed by atoms with E-state index in [2.05, 4.69) is 0 Å². The molecule has 0 saturated heterocycles. The molecule has 3 N–H and O–H groups in total. The third kappa shape index (κ3) is 4.08. The third-order valence-corrected chi connectivity index (χ3v) is 2.81. The molecule has 1 aromatic rings. The number of hydrogen-bond acceptors (Lipinski definition) is 6. The zero-order valence-corrected chi connectivity index (χ0v) is 11.9. The molecule has 6 heteroatoms. The fourth-order valence-electron chi connectivity index (χ4n) is 1.80. The zero-order valence-electron chi connectivity index (χ0n) is 11.9. The molecule has 1 aromatic carbocycles. The monoisotopic (exact) mass is 286 g/mol. The summed E-state index contributed by atoms with van der Waals surface area (Å²) in [4.78, 5) is 0. The van der Waals surface area contributed by atoms with Crippen LogP contribution in [0.1, 0.15) is 25.5 Å². The van der Waals surface area contributed by atoms with Crippen LogP contribution in [0.4, 0.5) is 0 Å². The second-order valence-corrected chi connectivity index (χ2v) is 4.15. The fourth-order valence-corrected chi connectivity index (χ4v) is 1.80. The Hall–Kier alpha value is -1.34. The Morgan fingerprint density at radius 2 is 1.70 bits per heavy atom. The Bertz CT molecular complexity index is 403. The molecular weight excluding hydrogens is 264 g/mol. The van der Waals surface area contributed by atoms with Gasteiger partial charge in [0.25, 0.3) is 0 Å². The summed E-state index contributed by atoms with van der Waals surface area (Å²) in [5.41, 5.74) is 0.400. The standard InChI is InChI=1S/C14H22O6/c1-4-19-14(20-5-2)13(17)12(16)9-6-7-10(15)11(8-9)18-3/h6-8,12-17H,4-5H2,1-3H3/t12-,13+/m0/s1. The van der Waals surface area contributed by atoms with E-state index in [1.165, 1.54) is 25.3 Å². The van der Waals surface area contributed by atoms with E-state index in [-0.39, 0.29) is 11.5 Å². The van der Waals surface area contributed by atoms with Crippen molar-refractivity contribution in [2.24, 2.45) is 0 Å². The number of phenols is 1. The maximum absolute atomic E-state index is 10.2. The first-order valence-electron chi connectivity index (χ1n) is 6.51. The first-order valence-corrected chi connectivity index (χ1v) is 6.51. The molecule has 0 amide bonds. The minimum Gasteiger partial charge on any atom is -0.504 e. The topological polar surface area (TPSA) is 88.4 Å². The van der Waals surface area contributed by atoms with Gasteiger partial charge < -0.3 is 29.5 Å². The summed E-state index contributed by atoms with van der Waals surface area (Å²) < 4.78 is 15.5. The lowest BCUT2D eigenvalue weighted by Crippen LogP contribution is -2.36. The highest BCUT2D eigenvalue weighted by atomic mass is 16.7. The van der Waals surface area contributed by atoms with Crippen LogP contribution < -0.4 is 4.74 Å². The van der Waals surface area contributed by atoms with Crippen LogP contribution in [-0.4, -0.2) is 48.0 Å². The lowest BCUT2D eigenvalue weighted by Gasteiger charge is -2.26. The van der Waals surface area contributed by atoms with Gasteiger partial charge in [-0.2, -0.15) is 0 Å². The van der Waals surface area contributed by atoms with Crippen molar-refractivity contribution in [3.05, 3.63) is 23.8 Å². The van der Waals surface area contributed by atoms with Gasteiger partial charge in [-0.05, 0) is 31.5 Å². The number of aromatic hydroxyl groups is 1. The van der Waals surface area contributed by atoms with Crippen LogP contribution in [0.25, 0.3) is 0 Å². The average Bonchev–Trinajstić information content (AvgIpc) is 2.46. The van der Waals surface area contributed by atoms with Crippen molar-refractivity contribution >= 4 is 0 Å². The van der Waals surface area contributed by atoms with Crippen LogP contribution in [-0.2, 0) is 9.47 Å². The third-order valence-electron chi connectivity index (χ3n) is 2.81. The molecule has 0 aromatic heterocycles. The molecule has 20 heavy (non-hydrogen) atoms. The Kier molecular flexibility index (Phi) is 6.74. The number of ether oxygens (including phenoxy) is 3. The van der Waals surface area contributed by atoms with Crippen LogP contribution in [0.15, 0.2) is 18.2 Å². The van der Waals surface area contributed by atoms with Crippen molar-refractivity contribution < 1.29 is 29.5 Å². The van der Waals surface area contributed by atoms with Gasteiger partial charge in [0.2, 0.25) is 0 Å². The SMILES string of the molecule is CCOC(OCC)[C@H](O)[C@@H](O)c1ccc(O)c(OC)c1. The number of hydrogen-bond donors (Lipinski definition) is 3. The van der Waals surface area contributed by atoms with E-state index in [0.29, 0.717) is 18.8 Å². The van der Waals surface area contributed by atoms with Crippen LogP contribution in [0.3, 0.4) is 0 Å². The number of phenolic OH excluding ortho intramolecular Hbond substituents is 1. The molecule has 2 atom stereocenters. The summed E-state index contributed by atoms with van der Waals surface area (Å²) in [6, 6.07) is 4.35. The number of methoxy groups -OCH3 is 1. The van der Waals surface area contributed by atoms with E-state index < -0.39 is 18.5 Å². The summed E-state index contributed by atoms with van der Waals surface area (Å²) in [5, 5.41) is 29.8. The van der Waals surface area contributed by atoms with Crippen LogP contribution in [0.2, 0.25) is 0 Å². The molecule has 1 rings (SSSR count). The summed E-state index contributed by atoms with van der Waals surface area (Å²) in [6.07, 6.45) is -3.38. The largest absolute Gasteiger partial charge is 0.504 e. The van der Waals surface area contributed by atoms with E-state index in [1.807, 2.05) is 0 Å². The minimum atomic E-state index is -1.25. The molecule has 0 bridgehead atoms. The van der Waals surface area contributed by atoms with Crippen molar-refractivity contribution in [1.82, 2.24) is 0 Å². The number of aliphatic hydroxyl groups is 2. The molecule has 0 saturated carbocycles. The quantitative estimate of drug-likeness (QED) is 0.622. The summed E-state index contributed by atoms with van der Waals surface area (Å²) in [7, 11) is 1.41. The Morgan fingerprint density at radius 1 is 1.10 bits per heavy atom. The van der Waals surface area contributed by atoms with Gasteiger partial charge in [-0.15, -0.1) is 0 Å². The van der Waals surface area contributed by atoms with E-state index >= 15 is 0 Å². The van der Waals surface area contributed by atoms with Crippen molar-refractivity contribution in [3.63, 3.8) is 0 Å². The van der Waals surface area contributed by atoms with Gasteiger partial charge in [-0.3, -0.25) is 0 Å². The highest BCUT2D eigenvalue weighted by Gasteiger charge is 2.29. The molecular formula is C14H22O6. The van der Waals surface area contributed by atoms with Gasteiger partial charge in [0, 0.05) is 13.2 Å². The maximum atomic E-state index is 10.2. The normalized spacial score (nSPS) is 14.3. The first-order chi connectivity index (χ1) is 9.54. The smallest absolute Gasteiger partial charge is 0.186 e. The predicted octanol–water partition coefficient (Wildman–Crippen LogP) is 1.19.